The molecule has 96 valence electrons. The van der Waals surface area contributed by atoms with Gasteiger partial charge in [-0.05, 0) is 30.7 Å². The molecule has 18 heavy (non-hydrogen) atoms. The molecule has 1 aliphatic heterocycles. The fourth-order valence-corrected chi connectivity index (χ4v) is 2.76. The van der Waals surface area contributed by atoms with Gasteiger partial charge in [-0.2, -0.15) is 11.8 Å². The van der Waals surface area contributed by atoms with Crippen LogP contribution in [-0.4, -0.2) is 24.2 Å². The summed E-state index contributed by atoms with van der Waals surface area (Å²) >= 11 is 1.74. The number of rotatable bonds is 2. The second-order valence-electron chi connectivity index (χ2n) is 3.94. The highest BCUT2D eigenvalue weighted by Crippen LogP contribution is 2.26. The SMILES string of the molecule is CCOC(=O)Nc1ccc2c(c1)CSCCC2=O. The second-order valence-corrected chi connectivity index (χ2v) is 5.05. The lowest BCUT2D eigenvalue weighted by atomic mass is 10.0. The molecule has 1 N–H and O–H groups in total. The van der Waals surface area contributed by atoms with E-state index < -0.39 is 6.09 Å². The van der Waals surface area contributed by atoms with Crippen molar-refractivity contribution in [1.29, 1.82) is 0 Å². The molecule has 5 heteroatoms. The van der Waals surface area contributed by atoms with Gasteiger partial charge in [-0.1, -0.05) is 0 Å². The molecule has 0 bridgehead atoms. The quantitative estimate of drug-likeness (QED) is 0.892. The first-order valence-electron chi connectivity index (χ1n) is 5.88. The number of carbonyl (C=O) groups is 2. The number of anilines is 1. The minimum Gasteiger partial charge on any atom is -0.450 e. The van der Waals surface area contributed by atoms with Crippen molar-refractivity contribution in [1.82, 2.24) is 0 Å². The highest BCUT2D eigenvalue weighted by atomic mass is 32.2. The van der Waals surface area contributed by atoms with Crippen LogP contribution < -0.4 is 5.32 Å². The number of ketones is 1. The van der Waals surface area contributed by atoms with Crippen molar-refractivity contribution in [3.63, 3.8) is 0 Å². The summed E-state index contributed by atoms with van der Waals surface area (Å²) in [5.74, 6) is 1.84. The summed E-state index contributed by atoms with van der Waals surface area (Å²) in [6, 6.07) is 5.37. The number of thioether (sulfide) groups is 1. The molecule has 0 aliphatic carbocycles. The maximum Gasteiger partial charge on any atom is 0.411 e. The Hall–Kier alpha value is -1.49. The van der Waals surface area contributed by atoms with Crippen molar-refractivity contribution >= 4 is 29.3 Å². The Kier molecular flexibility index (Phi) is 4.25. The van der Waals surface area contributed by atoms with Crippen LogP contribution in [0.4, 0.5) is 10.5 Å². The average Bonchev–Trinajstić information content (AvgIpc) is 2.51. The van der Waals surface area contributed by atoms with Gasteiger partial charge in [-0.3, -0.25) is 10.1 Å². The molecular formula is C13H15NO3S. The zero-order valence-electron chi connectivity index (χ0n) is 10.2. The van der Waals surface area contributed by atoms with Crippen molar-refractivity contribution < 1.29 is 14.3 Å². The Morgan fingerprint density at radius 3 is 3.11 bits per heavy atom. The third-order valence-corrected chi connectivity index (χ3v) is 3.67. The highest BCUT2D eigenvalue weighted by Gasteiger charge is 2.16. The molecule has 0 saturated heterocycles. The number of ether oxygens (including phenoxy) is 1. The van der Waals surface area contributed by atoms with Crippen molar-refractivity contribution in [3.05, 3.63) is 29.3 Å². The number of nitrogens with one attached hydrogen (secondary N) is 1. The molecule has 0 fully saturated rings. The molecule has 1 aromatic rings. The number of fused-ring (bicyclic) bond motifs is 1. The van der Waals surface area contributed by atoms with Crippen molar-refractivity contribution in [2.45, 2.75) is 19.1 Å². The molecule has 0 saturated carbocycles. The van der Waals surface area contributed by atoms with Gasteiger partial charge >= 0.3 is 6.09 Å². The minimum atomic E-state index is -0.468. The fourth-order valence-electron chi connectivity index (χ4n) is 1.83. The Morgan fingerprint density at radius 2 is 2.33 bits per heavy atom. The summed E-state index contributed by atoms with van der Waals surface area (Å²) < 4.78 is 4.81. The van der Waals surface area contributed by atoms with Gasteiger partial charge in [0.15, 0.2) is 5.78 Å². The fraction of sp³-hybridized carbons (Fsp3) is 0.385. The standard InChI is InChI=1S/C13H15NO3S/c1-2-17-13(16)14-10-3-4-11-9(7-10)8-18-6-5-12(11)15/h3-4,7H,2,5-6,8H2,1H3,(H,14,16). The van der Waals surface area contributed by atoms with E-state index >= 15 is 0 Å². The second kappa shape index (κ2) is 5.91. The van der Waals surface area contributed by atoms with Crippen molar-refractivity contribution in [2.75, 3.05) is 17.7 Å². The Labute approximate surface area is 110 Å². The topological polar surface area (TPSA) is 55.4 Å². The molecule has 2 rings (SSSR count). The lowest BCUT2D eigenvalue weighted by Gasteiger charge is -2.09. The number of benzene rings is 1. The predicted octanol–water partition coefficient (Wildman–Crippen LogP) is 3.07. The molecule has 4 nitrogen and oxygen atoms in total. The van der Waals surface area contributed by atoms with Crippen LogP contribution in [0.25, 0.3) is 0 Å². The van der Waals surface area contributed by atoms with Crippen molar-refractivity contribution in [3.8, 4) is 0 Å². The Bertz CT molecular complexity index is 473. The minimum absolute atomic E-state index is 0.178. The van der Waals surface area contributed by atoms with Crippen LogP contribution in [0.1, 0.15) is 29.3 Å². The number of hydrogen-bond acceptors (Lipinski definition) is 4. The molecule has 1 aliphatic rings. The monoisotopic (exact) mass is 265 g/mol. The van der Waals surface area contributed by atoms with Crippen LogP contribution >= 0.6 is 11.8 Å². The molecule has 1 heterocycles. The van der Waals surface area contributed by atoms with E-state index in [9.17, 15) is 9.59 Å². The van der Waals surface area contributed by atoms with Crippen LogP contribution in [-0.2, 0) is 10.5 Å². The first-order valence-corrected chi connectivity index (χ1v) is 7.04. The molecule has 0 spiro atoms. The summed E-state index contributed by atoms with van der Waals surface area (Å²) in [6.45, 7) is 2.09. The number of Topliss-reactive ketones (excluding diaryl/α,β-unsaturated/α-hetero) is 1. The molecule has 1 amide bonds. The third-order valence-electron chi connectivity index (χ3n) is 2.66. The summed E-state index contributed by atoms with van der Waals surface area (Å²) in [4.78, 5) is 23.1. The zero-order chi connectivity index (χ0) is 13.0. The van der Waals surface area contributed by atoms with Gasteiger partial charge in [0.25, 0.3) is 0 Å². The van der Waals surface area contributed by atoms with Gasteiger partial charge < -0.3 is 4.74 Å². The van der Waals surface area contributed by atoms with Crippen LogP contribution in [0.2, 0.25) is 0 Å². The average molecular weight is 265 g/mol. The van der Waals surface area contributed by atoms with Gasteiger partial charge in [0.2, 0.25) is 0 Å². The molecule has 0 unspecified atom stereocenters. The van der Waals surface area contributed by atoms with Crippen LogP contribution in [0.5, 0.6) is 0 Å². The molecule has 0 aromatic heterocycles. The Balaban J connectivity index is 2.18. The van der Waals surface area contributed by atoms with E-state index in [4.69, 9.17) is 4.74 Å². The van der Waals surface area contributed by atoms with E-state index in [0.717, 1.165) is 22.6 Å². The van der Waals surface area contributed by atoms with Crippen LogP contribution in [0.3, 0.4) is 0 Å². The first kappa shape index (κ1) is 13.0. The van der Waals surface area contributed by atoms with E-state index in [-0.39, 0.29) is 5.78 Å². The van der Waals surface area contributed by atoms with Gasteiger partial charge in [-0.25, -0.2) is 4.79 Å². The summed E-state index contributed by atoms with van der Waals surface area (Å²) in [7, 11) is 0. The molecule has 0 atom stereocenters. The number of amides is 1. The predicted molar refractivity (Wildman–Crippen MR) is 72.2 cm³/mol. The lowest BCUT2D eigenvalue weighted by molar-refractivity contribution is 0.0989. The molecule has 1 aromatic carbocycles. The number of hydrogen-bond donors (Lipinski definition) is 1. The summed E-state index contributed by atoms with van der Waals surface area (Å²) in [5, 5.41) is 2.65. The van der Waals surface area contributed by atoms with E-state index in [1.54, 1.807) is 30.8 Å². The van der Waals surface area contributed by atoms with Gasteiger partial charge in [0.05, 0.1) is 6.61 Å². The van der Waals surface area contributed by atoms with Gasteiger partial charge in [0.1, 0.15) is 0 Å². The summed E-state index contributed by atoms with van der Waals surface area (Å²) in [6.07, 6.45) is 0.118. The lowest BCUT2D eigenvalue weighted by Crippen LogP contribution is -2.13. The largest absolute Gasteiger partial charge is 0.450 e. The maximum absolute atomic E-state index is 11.8. The zero-order valence-corrected chi connectivity index (χ0v) is 11.0. The molecule has 0 radical (unpaired) electrons. The van der Waals surface area contributed by atoms with E-state index in [0.29, 0.717) is 18.7 Å². The van der Waals surface area contributed by atoms with Crippen molar-refractivity contribution in [2.24, 2.45) is 0 Å². The Morgan fingerprint density at radius 1 is 1.50 bits per heavy atom. The first-order chi connectivity index (χ1) is 8.70. The number of carbonyl (C=O) groups excluding carboxylic acids is 2. The van der Waals surface area contributed by atoms with Gasteiger partial charge in [-0.15, -0.1) is 0 Å². The highest BCUT2D eigenvalue weighted by molar-refractivity contribution is 7.98. The smallest absolute Gasteiger partial charge is 0.411 e. The van der Waals surface area contributed by atoms with Crippen LogP contribution in [0, 0.1) is 0 Å². The van der Waals surface area contributed by atoms with Crippen LogP contribution in [0.15, 0.2) is 18.2 Å². The normalized spacial score (nSPS) is 14.6. The maximum atomic E-state index is 11.8. The third kappa shape index (κ3) is 3.04. The summed E-state index contributed by atoms with van der Waals surface area (Å²) in [5.41, 5.74) is 2.42. The van der Waals surface area contributed by atoms with E-state index in [1.165, 1.54) is 0 Å². The van der Waals surface area contributed by atoms with E-state index in [1.807, 2.05) is 6.07 Å². The van der Waals surface area contributed by atoms with E-state index in [2.05, 4.69) is 5.32 Å². The molecular weight excluding hydrogens is 250 g/mol. The van der Waals surface area contributed by atoms with Gasteiger partial charge in [0, 0.05) is 29.2 Å².